The first-order valence-corrected chi connectivity index (χ1v) is 9.07. The van der Waals surface area contributed by atoms with Crippen molar-refractivity contribution in [3.8, 4) is 11.4 Å². The van der Waals surface area contributed by atoms with Crippen molar-refractivity contribution < 1.29 is 4.79 Å². The number of carbonyl (C=O) groups excluding carboxylic acids is 1. The van der Waals surface area contributed by atoms with Crippen LogP contribution in [-0.4, -0.2) is 33.4 Å². The van der Waals surface area contributed by atoms with Crippen LogP contribution < -0.4 is 0 Å². The van der Waals surface area contributed by atoms with Gasteiger partial charge in [0.15, 0.2) is 0 Å². The van der Waals surface area contributed by atoms with Gasteiger partial charge in [-0.15, -0.1) is 13.2 Å². The van der Waals surface area contributed by atoms with Crippen molar-refractivity contribution in [1.29, 1.82) is 0 Å². The number of rotatable bonds is 7. The number of hydrogen-bond donors (Lipinski definition) is 0. The van der Waals surface area contributed by atoms with E-state index in [-0.39, 0.29) is 12.5 Å². The van der Waals surface area contributed by atoms with Crippen molar-refractivity contribution in [2.45, 2.75) is 20.4 Å². The Balaban J connectivity index is 2.09. The Kier molecular flexibility index (Phi) is 5.55. The number of amides is 1. The number of benzene rings is 2. The van der Waals surface area contributed by atoms with E-state index >= 15 is 0 Å². The number of fused-ring (bicyclic) bond motifs is 1. The molecule has 4 heteroatoms. The van der Waals surface area contributed by atoms with Gasteiger partial charge in [-0.3, -0.25) is 4.79 Å². The Bertz CT molecular complexity index is 990. The minimum Gasteiger partial charge on any atom is -0.334 e. The molecule has 0 bridgehead atoms. The van der Waals surface area contributed by atoms with Crippen molar-refractivity contribution in [3.63, 3.8) is 0 Å². The van der Waals surface area contributed by atoms with Crippen LogP contribution in [0.5, 0.6) is 0 Å². The number of aryl methyl sites for hydroxylation is 2. The zero-order valence-corrected chi connectivity index (χ0v) is 16.0. The lowest BCUT2D eigenvalue weighted by Gasteiger charge is -2.20. The Morgan fingerprint density at radius 3 is 2.48 bits per heavy atom. The molecule has 0 atom stereocenters. The summed E-state index contributed by atoms with van der Waals surface area (Å²) in [5.41, 5.74) is 5.24. The normalized spacial score (nSPS) is 10.7. The van der Waals surface area contributed by atoms with Crippen LogP contribution in [0.3, 0.4) is 0 Å². The zero-order chi connectivity index (χ0) is 19.4. The average molecular weight is 359 g/mol. The molecule has 0 aliphatic carbocycles. The molecule has 0 saturated carbocycles. The Labute approximate surface area is 160 Å². The Hall–Kier alpha value is -3.14. The van der Waals surface area contributed by atoms with Gasteiger partial charge in [-0.1, -0.05) is 48.0 Å². The number of aromatic nitrogens is 2. The van der Waals surface area contributed by atoms with Gasteiger partial charge in [0.05, 0.1) is 11.0 Å². The van der Waals surface area contributed by atoms with Gasteiger partial charge in [0.25, 0.3) is 0 Å². The average Bonchev–Trinajstić information content (AvgIpc) is 3.00. The summed E-state index contributed by atoms with van der Waals surface area (Å²) in [5.74, 6) is 0.836. The molecule has 138 valence electrons. The maximum absolute atomic E-state index is 12.9. The van der Waals surface area contributed by atoms with Crippen LogP contribution in [0.4, 0.5) is 0 Å². The van der Waals surface area contributed by atoms with Crippen molar-refractivity contribution in [3.05, 3.63) is 78.9 Å². The number of imidazole rings is 1. The van der Waals surface area contributed by atoms with Crippen LogP contribution in [0.15, 0.2) is 67.8 Å². The minimum absolute atomic E-state index is 0.0176. The molecule has 1 aromatic heterocycles. The second kappa shape index (κ2) is 8.04. The molecule has 0 unspecified atom stereocenters. The van der Waals surface area contributed by atoms with Crippen molar-refractivity contribution in [1.82, 2.24) is 14.5 Å². The van der Waals surface area contributed by atoms with Crippen LogP contribution in [-0.2, 0) is 11.3 Å². The fourth-order valence-corrected chi connectivity index (χ4v) is 3.33. The molecule has 3 aromatic rings. The third-order valence-corrected chi connectivity index (χ3v) is 4.62. The smallest absolute Gasteiger partial charge is 0.243 e. The van der Waals surface area contributed by atoms with Gasteiger partial charge in [0.1, 0.15) is 12.4 Å². The van der Waals surface area contributed by atoms with E-state index in [1.807, 2.05) is 28.8 Å². The quantitative estimate of drug-likeness (QED) is 0.582. The first-order chi connectivity index (χ1) is 13.0. The standard InChI is InChI=1S/C23H25N3O/c1-5-13-25(14-6-2)22(27)16-26-21-10-8-7-9-20(21)24-23(26)19-12-11-17(3)15-18(19)4/h5-12,15H,1-2,13-14,16H2,3-4H3. The van der Waals surface area contributed by atoms with Crippen LogP contribution >= 0.6 is 0 Å². The highest BCUT2D eigenvalue weighted by Gasteiger charge is 2.19. The summed E-state index contributed by atoms with van der Waals surface area (Å²) in [7, 11) is 0. The summed E-state index contributed by atoms with van der Waals surface area (Å²) >= 11 is 0. The molecular weight excluding hydrogens is 334 g/mol. The lowest BCUT2D eigenvalue weighted by molar-refractivity contribution is -0.130. The van der Waals surface area contributed by atoms with Crippen molar-refractivity contribution in [2.24, 2.45) is 0 Å². The van der Waals surface area contributed by atoms with E-state index in [4.69, 9.17) is 4.98 Å². The van der Waals surface area contributed by atoms with Crippen molar-refractivity contribution in [2.75, 3.05) is 13.1 Å². The summed E-state index contributed by atoms with van der Waals surface area (Å²) in [4.78, 5) is 19.5. The first kappa shape index (κ1) is 18.6. The number of para-hydroxylation sites is 2. The van der Waals surface area contributed by atoms with Crippen LogP contribution in [0.1, 0.15) is 11.1 Å². The molecule has 1 heterocycles. The summed E-state index contributed by atoms with van der Waals surface area (Å²) in [6, 6.07) is 14.2. The van der Waals surface area contributed by atoms with E-state index in [9.17, 15) is 4.79 Å². The van der Waals surface area contributed by atoms with Crippen molar-refractivity contribution >= 4 is 16.9 Å². The topological polar surface area (TPSA) is 38.1 Å². The van der Waals surface area contributed by atoms with Crippen LogP contribution in [0.25, 0.3) is 22.4 Å². The van der Waals surface area contributed by atoms with E-state index in [2.05, 4.69) is 45.2 Å². The third-order valence-electron chi connectivity index (χ3n) is 4.62. The lowest BCUT2D eigenvalue weighted by Crippen LogP contribution is -2.34. The predicted molar refractivity (Wildman–Crippen MR) is 112 cm³/mol. The summed E-state index contributed by atoms with van der Waals surface area (Å²) in [6.45, 7) is 12.9. The molecule has 0 N–H and O–H groups in total. The molecule has 4 nitrogen and oxygen atoms in total. The maximum Gasteiger partial charge on any atom is 0.243 e. The number of carbonyl (C=O) groups is 1. The third kappa shape index (κ3) is 3.85. The number of nitrogens with zero attached hydrogens (tertiary/aromatic N) is 3. The molecular formula is C23H25N3O. The van der Waals surface area contributed by atoms with Gasteiger partial charge in [0.2, 0.25) is 5.91 Å². The molecule has 0 fully saturated rings. The van der Waals surface area contributed by atoms with Gasteiger partial charge >= 0.3 is 0 Å². The summed E-state index contributed by atoms with van der Waals surface area (Å²) in [5, 5.41) is 0. The van der Waals surface area contributed by atoms with E-state index in [0.717, 1.165) is 28.0 Å². The zero-order valence-electron chi connectivity index (χ0n) is 16.0. The van der Waals surface area contributed by atoms with E-state index in [0.29, 0.717) is 13.1 Å². The highest BCUT2D eigenvalue weighted by atomic mass is 16.2. The van der Waals surface area contributed by atoms with Gasteiger partial charge in [-0.25, -0.2) is 4.98 Å². The van der Waals surface area contributed by atoms with Gasteiger partial charge in [-0.2, -0.15) is 0 Å². The molecule has 27 heavy (non-hydrogen) atoms. The lowest BCUT2D eigenvalue weighted by atomic mass is 10.1. The van der Waals surface area contributed by atoms with E-state index in [1.165, 1.54) is 5.56 Å². The van der Waals surface area contributed by atoms with E-state index < -0.39 is 0 Å². The molecule has 0 aliphatic rings. The molecule has 3 rings (SSSR count). The molecule has 2 aromatic carbocycles. The summed E-state index contributed by atoms with van der Waals surface area (Å²) < 4.78 is 2.01. The fourth-order valence-electron chi connectivity index (χ4n) is 3.33. The molecule has 1 amide bonds. The second-order valence-electron chi connectivity index (χ2n) is 6.70. The largest absolute Gasteiger partial charge is 0.334 e. The predicted octanol–water partition coefficient (Wildman–Crippen LogP) is 4.52. The molecule has 0 saturated heterocycles. The molecule has 0 radical (unpaired) electrons. The monoisotopic (exact) mass is 359 g/mol. The second-order valence-corrected chi connectivity index (χ2v) is 6.70. The maximum atomic E-state index is 12.9. The SMILES string of the molecule is C=CCN(CC=C)C(=O)Cn1c(-c2ccc(C)cc2C)nc2ccccc21. The van der Waals surface area contributed by atoms with E-state index in [1.54, 1.807) is 17.1 Å². The highest BCUT2D eigenvalue weighted by Crippen LogP contribution is 2.28. The highest BCUT2D eigenvalue weighted by molar-refractivity contribution is 5.85. The summed E-state index contributed by atoms with van der Waals surface area (Å²) in [6.07, 6.45) is 3.47. The van der Waals surface area contributed by atoms with Gasteiger partial charge in [0, 0.05) is 18.7 Å². The van der Waals surface area contributed by atoms with Gasteiger partial charge < -0.3 is 9.47 Å². The number of hydrogen-bond acceptors (Lipinski definition) is 2. The first-order valence-electron chi connectivity index (χ1n) is 9.07. The van der Waals surface area contributed by atoms with Crippen LogP contribution in [0, 0.1) is 13.8 Å². The fraction of sp³-hybridized carbons (Fsp3) is 0.217. The molecule has 0 aliphatic heterocycles. The molecule has 0 spiro atoms. The minimum atomic E-state index is 0.0176. The van der Waals surface area contributed by atoms with Gasteiger partial charge in [-0.05, 0) is 31.5 Å². The Morgan fingerprint density at radius 2 is 1.81 bits per heavy atom. The Morgan fingerprint density at radius 1 is 1.11 bits per heavy atom. The van der Waals surface area contributed by atoms with Crippen LogP contribution in [0.2, 0.25) is 0 Å².